The Morgan fingerprint density at radius 3 is 2.29 bits per heavy atom. The lowest BCUT2D eigenvalue weighted by molar-refractivity contribution is -0.384. The summed E-state index contributed by atoms with van der Waals surface area (Å²) in [5.41, 5.74) is -1.74. The van der Waals surface area contributed by atoms with Crippen LogP contribution in [0.3, 0.4) is 0 Å². The minimum absolute atomic E-state index is 0.0229. The van der Waals surface area contributed by atoms with E-state index in [9.17, 15) is 23.3 Å². The average Bonchev–Trinajstić information content (AvgIpc) is 2.62. The van der Waals surface area contributed by atoms with Crippen LogP contribution in [0.4, 0.5) is 24.5 Å². The number of alkyl halides is 3. The van der Waals surface area contributed by atoms with E-state index in [4.69, 9.17) is 11.6 Å². The zero-order valence-electron chi connectivity index (χ0n) is 15.8. The molecule has 2 fully saturated rings. The van der Waals surface area contributed by atoms with Gasteiger partial charge in [0.2, 0.25) is 0 Å². The molecule has 156 valence electrons. The van der Waals surface area contributed by atoms with Gasteiger partial charge >= 0.3 is 6.18 Å². The van der Waals surface area contributed by atoms with Gasteiger partial charge in [0, 0.05) is 31.2 Å². The van der Waals surface area contributed by atoms with E-state index in [-0.39, 0.29) is 11.7 Å². The molecule has 3 rings (SSSR count). The number of nitro benzene ring substituents is 1. The Hall–Kier alpha value is -1.54. The van der Waals surface area contributed by atoms with Crippen LogP contribution in [0, 0.1) is 16.0 Å². The summed E-state index contributed by atoms with van der Waals surface area (Å²) in [7, 11) is 0. The predicted octanol–water partition coefficient (Wildman–Crippen LogP) is 5.72. The van der Waals surface area contributed by atoms with E-state index in [0.29, 0.717) is 12.1 Å². The molecule has 1 aromatic rings. The van der Waals surface area contributed by atoms with Crippen LogP contribution in [0.5, 0.6) is 0 Å². The van der Waals surface area contributed by atoms with Gasteiger partial charge in [0.1, 0.15) is 5.69 Å². The van der Waals surface area contributed by atoms with Gasteiger partial charge in [-0.2, -0.15) is 13.2 Å². The second kappa shape index (κ2) is 8.45. The van der Waals surface area contributed by atoms with Gasteiger partial charge in [0.15, 0.2) is 0 Å². The summed E-state index contributed by atoms with van der Waals surface area (Å²) >= 11 is 5.75. The topological polar surface area (TPSA) is 58.4 Å². The van der Waals surface area contributed by atoms with Gasteiger partial charge in [-0.15, -0.1) is 0 Å². The molecule has 0 spiro atoms. The maximum absolute atomic E-state index is 13.0. The first kappa shape index (κ1) is 21.2. The van der Waals surface area contributed by atoms with Gasteiger partial charge in [-0.3, -0.25) is 10.1 Å². The van der Waals surface area contributed by atoms with Gasteiger partial charge in [-0.25, -0.2) is 0 Å². The molecule has 1 aromatic carbocycles. The summed E-state index contributed by atoms with van der Waals surface area (Å²) in [5.74, 6) is 0.792. The summed E-state index contributed by atoms with van der Waals surface area (Å²) in [4.78, 5) is 13.0. The monoisotopic (exact) mass is 419 g/mol. The molecule has 0 radical (unpaired) electrons. The molecule has 0 aromatic heterocycles. The normalized spacial score (nSPS) is 24.9. The zero-order valence-corrected chi connectivity index (χ0v) is 16.5. The van der Waals surface area contributed by atoms with Gasteiger partial charge in [0.25, 0.3) is 5.69 Å². The first-order valence-corrected chi connectivity index (χ1v) is 10.1. The van der Waals surface area contributed by atoms with E-state index in [1.807, 2.05) is 0 Å². The molecule has 0 unspecified atom stereocenters. The van der Waals surface area contributed by atoms with Crippen LogP contribution < -0.4 is 5.32 Å². The number of rotatable bonds is 4. The standard InChI is InChI=1S/C19H25ClF3N3O2/c1-12-2-4-14(5-3-12)25-8-6-13(7-9-25)24-17-11-16(20)15(19(21,22)23)10-18(17)26(27)28/h10-14,24H,2-9H2,1H3/t12-,14-. The van der Waals surface area contributed by atoms with E-state index in [1.165, 1.54) is 25.7 Å². The Kier molecular flexibility index (Phi) is 6.39. The first-order chi connectivity index (χ1) is 13.1. The van der Waals surface area contributed by atoms with Crippen molar-refractivity contribution < 1.29 is 18.1 Å². The van der Waals surface area contributed by atoms with Crippen LogP contribution in [0.2, 0.25) is 5.02 Å². The third-order valence-corrected chi connectivity index (χ3v) is 6.29. The number of hydrogen-bond donors (Lipinski definition) is 1. The fraction of sp³-hybridized carbons (Fsp3) is 0.684. The van der Waals surface area contributed by atoms with Gasteiger partial charge < -0.3 is 10.2 Å². The fourth-order valence-corrected chi connectivity index (χ4v) is 4.55. The Labute approximate surface area is 167 Å². The number of hydrogen-bond acceptors (Lipinski definition) is 4. The molecule has 5 nitrogen and oxygen atoms in total. The third kappa shape index (κ3) is 4.89. The quantitative estimate of drug-likeness (QED) is 0.500. The van der Waals surface area contributed by atoms with Crippen molar-refractivity contribution in [2.45, 2.75) is 63.7 Å². The number of likely N-dealkylation sites (tertiary alicyclic amines) is 1. The van der Waals surface area contributed by atoms with Crippen LogP contribution in [-0.2, 0) is 6.18 Å². The highest BCUT2D eigenvalue weighted by Gasteiger charge is 2.36. The Bertz CT molecular complexity index is 713. The maximum atomic E-state index is 13.0. The Morgan fingerprint density at radius 2 is 1.75 bits per heavy atom. The lowest BCUT2D eigenvalue weighted by atomic mass is 9.85. The van der Waals surface area contributed by atoms with E-state index in [0.717, 1.165) is 37.9 Å². The van der Waals surface area contributed by atoms with Crippen molar-refractivity contribution in [2.75, 3.05) is 18.4 Å². The summed E-state index contributed by atoms with van der Waals surface area (Å²) in [6, 6.07) is 2.12. The van der Waals surface area contributed by atoms with Crippen molar-refractivity contribution >= 4 is 23.0 Å². The number of nitrogens with one attached hydrogen (secondary N) is 1. The first-order valence-electron chi connectivity index (χ1n) is 9.71. The number of piperidine rings is 1. The molecule has 2 aliphatic rings. The van der Waals surface area contributed by atoms with Crippen LogP contribution in [0.1, 0.15) is 51.0 Å². The molecule has 9 heteroatoms. The van der Waals surface area contributed by atoms with Gasteiger partial charge in [-0.05, 0) is 50.5 Å². The molecular formula is C19H25ClF3N3O2. The lowest BCUT2D eigenvalue weighted by Crippen LogP contribution is -2.45. The highest BCUT2D eigenvalue weighted by atomic mass is 35.5. The largest absolute Gasteiger partial charge is 0.418 e. The summed E-state index contributed by atoms with van der Waals surface area (Å²) in [6.45, 7) is 4.06. The summed E-state index contributed by atoms with van der Waals surface area (Å²) < 4.78 is 39.0. The third-order valence-electron chi connectivity index (χ3n) is 5.98. The number of nitrogens with zero attached hydrogens (tertiary/aromatic N) is 2. The summed E-state index contributed by atoms with van der Waals surface area (Å²) in [6.07, 6.45) is 1.77. The van der Waals surface area contributed by atoms with Gasteiger partial charge in [-0.1, -0.05) is 18.5 Å². The van der Waals surface area contributed by atoms with Crippen LogP contribution in [0.15, 0.2) is 12.1 Å². The Morgan fingerprint density at radius 1 is 1.14 bits per heavy atom. The smallest absolute Gasteiger partial charge is 0.377 e. The van der Waals surface area contributed by atoms with E-state index in [1.54, 1.807) is 0 Å². The van der Waals surface area contributed by atoms with Crippen LogP contribution in [-0.4, -0.2) is 35.0 Å². The highest BCUT2D eigenvalue weighted by molar-refractivity contribution is 6.31. The lowest BCUT2D eigenvalue weighted by Gasteiger charge is -2.40. The number of nitro groups is 1. The van der Waals surface area contributed by atoms with Crippen molar-refractivity contribution in [3.05, 3.63) is 32.8 Å². The second-order valence-corrected chi connectivity index (χ2v) is 8.38. The molecule has 1 saturated heterocycles. The van der Waals surface area contributed by atoms with Crippen molar-refractivity contribution in [3.63, 3.8) is 0 Å². The predicted molar refractivity (Wildman–Crippen MR) is 103 cm³/mol. The molecular weight excluding hydrogens is 395 g/mol. The molecule has 1 saturated carbocycles. The van der Waals surface area contributed by atoms with Crippen molar-refractivity contribution in [1.29, 1.82) is 0 Å². The minimum Gasteiger partial charge on any atom is -0.377 e. The SMILES string of the molecule is C[C@H]1CC[C@H](N2CCC(Nc3cc(Cl)c(C(F)(F)F)cc3[N+](=O)[O-])CC2)CC1. The Balaban J connectivity index is 1.66. The number of anilines is 1. The zero-order chi connectivity index (χ0) is 20.5. The van der Waals surface area contributed by atoms with Crippen molar-refractivity contribution in [2.24, 2.45) is 5.92 Å². The van der Waals surface area contributed by atoms with Crippen LogP contribution in [0.25, 0.3) is 0 Å². The molecule has 0 bridgehead atoms. The van der Waals surface area contributed by atoms with Gasteiger partial charge in [0.05, 0.1) is 15.5 Å². The fourth-order valence-electron chi connectivity index (χ4n) is 4.28. The number of benzene rings is 1. The van der Waals surface area contributed by atoms with E-state index in [2.05, 4.69) is 17.1 Å². The van der Waals surface area contributed by atoms with E-state index < -0.39 is 27.4 Å². The maximum Gasteiger partial charge on any atom is 0.418 e. The average molecular weight is 420 g/mol. The molecule has 0 atom stereocenters. The van der Waals surface area contributed by atoms with Crippen molar-refractivity contribution in [3.8, 4) is 0 Å². The molecule has 1 N–H and O–H groups in total. The molecule has 28 heavy (non-hydrogen) atoms. The minimum atomic E-state index is -4.73. The highest BCUT2D eigenvalue weighted by Crippen LogP contribution is 2.41. The van der Waals surface area contributed by atoms with E-state index >= 15 is 0 Å². The second-order valence-electron chi connectivity index (χ2n) is 7.97. The molecule has 1 heterocycles. The summed E-state index contributed by atoms with van der Waals surface area (Å²) in [5, 5.41) is 13.8. The van der Waals surface area contributed by atoms with Crippen molar-refractivity contribution in [1.82, 2.24) is 4.90 Å². The molecule has 1 aliphatic heterocycles. The number of halogens is 4. The molecule has 0 amide bonds. The van der Waals surface area contributed by atoms with Crippen LogP contribution >= 0.6 is 11.6 Å². The molecule has 1 aliphatic carbocycles.